The van der Waals surface area contributed by atoms with E-state index in [0.717, 1.165) is 37.3 Å². The summed E-state index contributed by atoms with van der Waals surface area (Å²) in [4.78, 5) is 35.6. The maximum absolute atomic E-state index is 12.8. The maximum atomic E-state index is 12.8. The number of aliphatic imine (C=N–C) groups is 1. The van der Waals surface area contributed by atoms with Crippen LogP contribution in [0, 0.1) is 27.6 Å². The van der Waals surface area contributed by atoms with Crippen molar-refractivity contribution >= 4 is 17.9 Å². The van der Waals surface area contributed by atoms with Gasteiger partial charge in [0.2, 0.25) is 12.2 Å². The van der Waals surface area contributed by atoms with E-state index in [-0.39, 0.29) is 16.2 Å². The van der Waals surface area contributed by atoms with Crippen molar-refractivity contribution in [3.8, 4) is 0 Å². The van der Waals surface area contributed by atoms with E-state index in [1.807, 2.05) is 0 Å². The number of nitrogens with zero attached hydrogens (tertiary/aromatic N) is 1. The van der Waals surface area contributed by atoms with Crippen molar-refractivity contribution in [3.63, 3.8) is 0 Å². The average molecular weight is 360 g/mol. The SMILES string of the molecule is CC1=C(C2CC(C)(C)CC(C)(CN=C=O)C2)C(=O)CC(C)(C)C1.N=C=O. The highest BCUT2D eigenvalue weighted by atomic mass is 16.1. The number of rotatable bonds is 3. The lowest BCUT2D eigenvalue weighted by Crippen LogP contribution is -2.40. The Morgan fingerprint density at radius 2 is 1.65 bits per heavy atom. The van der Waals surface area contributed by atoms with Crippen LogP contribution in [0.2, 0.25) is 0 Å². The van der Waals surface area contributed by atoms with Crippen LogP contribution in [0.25, 0.3) is 0 Å². The van der Waals surface area contributed by atoms with Crippen LogP contribution in [0.5, 0.6) is 0 Å². The zero-order chi connectivity index (χ0) is 20.2. The van der Waals surface area contributed by atoms with E-state index < -0.39 is 0 Å². The molecule has 5 nitrogen and oxygen atoms in total. The molecule has 0 amide bonds. The molecule has 0 spiro atoms. The minimum atomic E-state index is -0.0235. The Kier molecular flexibility index (Phi) is 7.04. The molecule has 2 unspecified atom stereocenters. The Morgan fingerprint density at radius 1 is 1.08 bits per heavy atom. The summed E-state index contributed by atoms with van der Waals surface area (Å²) in [6.07, 6.45) is 7.13. The second kappa shape index (κ2) is 8.24. The van der Waals surface area contributed by atoms with Gasteiger partial charge in [0.1, 0.15) is 0 Å². The molecule has 1 saturated carbocycles. The topological polar surface area (TPSA) is 87.4 Å². The third-order valence-electron chi connectivity index (χ3n) is 5.52. The van der Waals surface area contributed by atoms with Crippen molar-refractivity contribution in [3.05, 3.63) is 11.1 Å². The van der Waals surface area contributed by atoms with Crippen LogP contribution in [-0.2, 0) is 14.4 Å². The number of nitrogens with one attached hydrogen (secondary N) is 1. The van der Waals surface area contributed by atoms with Gasteiger partial charge >= 0.3 is 0 Å². The number of isocyanates is 2. The van der Waals surface area contributed by atoms with E-state index in [0.29, 0.717) is 24.7 Å². The summed E-state index contributed by atoms with van der Waals surface area (Å²) in [5.74, 6) is 0.636. The number of carbonyl (C=O) groups is 1. The van der Waals surface area contributed by atoms with Crippen LogP contribution in [0.1, 0.15) is 73.6 Å². The fraction of sp³-hybridized carbons (Fsp3) is 0.762. The van der Waals surface area contributed by atoms with Crippen molar-refractivity contribution < 1.29 is 14.4 Å². The lowest BCUT2D eigenvalue weighted by atomic mass is 9.57. The molecule has 2 atom stereocenters. The summed E-state index contributed by atoms with van der Waals surface area (Å²) in [5, 5.41) is 5.40. The summed E-state index contributed by atoms with van der Waals surface area (Å²) in [6, 6.07) is 0. The van der Waals surface area contributed by atoms with E-state index in [4.69, 9.17) is 10.2 Å². The first-order chi connectivity index (χ1) is 11.9. The van der Waals surface area contributed by atoms with Gasteiger partial charge in [0, 0.05) is 6.42 Å². The van der Waals surface area contributed by atoms with Crippen molar-refractivity contribution in [1.29, 1.82) is 5.41 Å². The van der Waals surface area contributed by atoms with Gasteiger partial charge in [-0.15, -0.1) is 0 Å². The summed E-state index contributed by atoms with van der Waals surface area (Å²) >= 11 is 0. The second-order valence-electron chi connectivity index (χ2n) is 9.90. The molecule has 2 aliphatic rings. The third-order valence-corrected chi connectivity index (χ3v) is 5.52. The molecule has 5 heteroatoms. The van der Waals surface area contributed by atoms with Gasteiger partial charge < -0.3 is 0 Å². The highest BCUT2D eigenvalue weighted by Gasteiger charge is 2.45. The van der Waals surface area contributed by atoms with Gasteiger partial charge in [-0.05, 0) is 60.3 Å². The minimum absolute atomic E-state index is 0.0235. The highest BCUT2D eigenvalue weighted by Crippen LogP contribution is 2.53. The molecule has 2 aliphatic carbocycles. The van der Waals surface area contributed by atoms with Crippen LogP contribution < -0.4 is 0 Å². The number of ketones is 1. The van der Waals surface area contributed by atoms with Gasteiger partial charge in [-0.2, -0.15) is 0 Å². The smallest absolute Gasteiger partial charge is 0.234 e. The molecule has 1 N–H and O–H groups in total. The summed E-state index contributed by atoms with van der Waals surface area (Å²) < 4.78 is 0. The van der Waals surface area contributed by atoms with Crippen LogP contribution in [0.4, 0.5) is 0 Å². The molecule has 0 aliphatic heterocycles. The number of hydrogen-bond donors (Lipinski definition) is 1. The monoisotopic (exact) mass is 360 g/mol. The standard InChI is InChI=1S/C20H31NO2.CHNO/c1-14-7-18(2,3)10-16(23)17(14)15-8-19(4,5)11-20(6,9-15)12-21-13-22;2-1-3/h15H,7-12H2,1-6H3;2H. The molecule has 0 heterocycles. The number of allylic oxidation sites excluding steroid dienone is 2. The van der Waals surface area contributed by atoms with E-state index in [2.05, 4.69) is 46.5 Å². The molecular formula is C21H32N2O3. The van der Waals surface area contributed by atoms with E-state index >= 15 is 0 Å². The lowest BCUT2D eigenvalue weighted by molar-refractivity contribution is -0.119. The van der Waals surface area contributed by atoms with Gasteiger partial charge in [-0.25, -0.2) is 20.0 Å². The zero-order valence-corrected chi connectivity index (χ0v) is 17.0. The molecule has 0 saturated heterocycles. The predicted molar refractivity (Wildman–Crippen MR) is 101 cm³/mol. The molecule has 26 heavy (non-hydrogen) atoms. The minimum Gasteiger partial charge on any atom is -0.295 e. The number of carbonyl (C=O) groups excluding carboxylic acids is 3. The van der Waals surface area contributed by atoms with Gasteiger partial charge in [-0.3, -0.25) is 4.79 Å². The van der Waals surface area contributed by atoms with Crippen LogP contribution >= 0.6 is 0 Å². The zero-order valence-electron chi connectivity index (χ0n) is 17.0. The Hall–Kier alpha value is -1.83. The fourth-order valence-electron chi connectivity index (χ4n) is 5.40. The average Bonchev–Trinajstić information content (AvgIpc) is 2.41. The molecule has 1 fully saturated rings. The largest absolute Gasteiger partial charge is 0.295 e. The number of Topliss-reactive ketones (excluding diaryl/α,β-unsaturated/α-hetero) is 1. The first-order valence-corrected chi connectivity index (χ1v) is 9.19. The van der Waals surface area contributed by atoms with E-state index in [9.17, 15) is 9.59 Å². The molecule has 2 rings (SSSR count). The van der Waals surface area contributed by atoms with Gasteiger partial charge in [-0.1, -0.05) is 40.2 Å². The Bertz CT molecular complexity index is 663. The summed E-state index contributed by atoms with van der Waals surface area (Å²) in [6.45, 7) is 13.8. The molecular weight excluding hydrogens is 328 g/mol. The Morgan fingerprint density at radius 3 is 2.15 bits per heavy atom. The molecule has 144 valence electrons. The molecule has 0 aromatic carbocycles. The van der Waals surface area contributed by atoms with Crippen molar-refractivity contribution in [2.45, 2.75) is 73.6 Å². The van der Waals surface area contributed by atoms with Gasteiger partial charge in [0.05, 0.1) is 6.54 Å². The second-order valence-corrected chi connectivity index (χ2v) is 9.90. The third kappa shape index (κ3) is 5.86. The number of hydrogen-bond acceptors (Lipinski definition) is 5. The molecule has 0 bridgehead atoms. The van der Waals surface area contributed by atoms with Crippen LogP contribution in [0.15, 0.2) is 16.1 Å². The first kappa shape index (κ1) is 22.2. The molecule has 0 aromatic heterocycles. The normalized spacial score (nSPS) is 29.8. The molecule has 0 radical (unpaired) electrons. The molecule has 0 aromatic rings. The summed E-state index contributed by atoms with van der Waals surface area (Å²) in [5.41, 5.74) is 2.58. The first-order valence-electron chi connectivity index (χ1n) is 9.19. The Labute approximate surface area is 156 Å². The van der Waals surface area contributed by atoms with Gasteiger partial charge in [0.15, 0.2) is 5.78 Å². The predicted octanol–water partition coefficient (Wildman–Crippen LogP) is 4.76. The fourth-order valence-corrected chi connectivity index (χ4v) is 5.40. The van der Waals surface area contributed by atoms with Crippen LogP contribution in [-0.4, -0.2) is 24.5 Å². The quantitative estimate of drug-likeness (QED) is 0.581. The van der Waals surface area contributed by atoms with E-state index in [1.54, 1.807) is 6.08 Å². The lowest BCUT2D eigenvalue weighted by Gasteiger charge is -2.47. The summed E-state index contributed by atoms with van der Waals surface area (Å²) in [7, 11) is 0. The van der Waals surface area contributed by atoms with Crippen molar-refractivity contribution in [2.24, 2.45) is 27.2 Å². The van der Waals surface area contributed by atoms with Crippen LogP contribution in [0.3, 0.4) is 0 Å². The van der Waals surface area contributed by atoms with Gasteiger partial charge in [0.25, 0.3) is 0 Å². The Balaban J connectivity index is 0.00000105. The van der Waals surface area contributed by atoms with Crippen molar-refractivity contribution in [1.82, 2.24) is 0 Å². The van der Waals surface area contributed by atoms with Crippen molar-refractivity contribution in [2.75, 3.05) is 6.54 Å². The highest BCUT2D eigenvalue weighted by molar-refractivity contribution is 5.98. The maximum Gasteiger partial charge on any atom is 0.234 e. The van der Waals surface area contributed by atoms with E-state index in [1.165, 1.54) is 5.57 Å².